The number of halogens is 1. The highest BCUT2D eigenvalue weighted by Gasteiger charge is 2.36. The number of esters is 1. The van der Waals surface area contributed by atoms with E-state index in [4.69, 9.17) is 21.1 Å². The van der Waals surface area contributed by atoms with Gasteiger partial charge in [-0.1, -0.05) is 49.7 Å². The van der Waals surface area contributed by atoms with Crippen LogP contribution in [0, 0.1) is 0 Å². The van der Waals surface area contributed by atoms with Crippen LogP contribution in [-0.2, 0) is 13.6 Å². The molecule has 0 aliphatic carbocycles. The van der Waals surface area contributed by atoms with Gasteiger partial charge in [0.2, 0.25) is 0 Å². The molecule has 2 aromatic carbocycles. The van der Waals surface area contributed by atoms with Gasteiger partial charge in [-0.25, -0.2) is 4.79 Å². The summed E-state index contributed by atoms with van der Waals surface area (Å²) in [6.45, 7) is 11.5. The van der Waals surface area contributed by atoms with E-state index in [-0.39, 0.29) is 16.2 Å². The van der Waals surface area contributed by atoms with Crippen LogP contribution in [0.3, 0.4) is 0 Å². The van der Waals surface area contributed by atoms with Gasteiger partial charge in [0.05, 0.1) is 6.10 Å². The molecule has 0 amide bonds. The van der Waals surface area contributed by atoms with Gasteiger partial charge in [-0.15, -0.1) is 23.5 Å². The van der Waals surface area contributed by atoms with E-state index in [0.717, 1.165) is 16.5 Å². The summed E-state index contributed by atoms with van der Waals surface area (Å²) >= 11 is 9.93. The lowest BCUT2D eigenvalue weighted by molar-refractivity contribution is -0.163. The lowest BCUT2D eigenvalue weighted by Gasteiger charge is -2.34. The van der Waals surface area contributed by atoms with Crippen molar-refractivity contribution in [2.75, 3.05) is 11.5 Å². The molecular weight excluding hydrogens is 436 g/mol. The number of carbonyl (C=O) groups is 1. The smallest absolute Gasteiger partial charge is 0.350 e. The summed E-state index contributed by atoms with van der Waals surface area (Å²) < 4.78 is 11.0. The predicted octanol–water partition coefficient (Wildman–Crippen LogP) is 7.16. The van der Waals surface area contributed by atoms with E-state index in [1.165, 1.54) is 11.1 Å². The van der Waals surface area contributed by atoms with E-state index in [2.05, 4.69) is 38.1 Å². The van der Waals surface area contributed by atoms with Crippen molar-refractivity contribution >= 4 is 41.1 Å². The van der Waals surface area contributed by atoms with Crippen LogP contribution in [0.25, 0.3) is 0 Å². The van der Waals surface area contributed by atoms with E-state index < -0.39 is 5.60 Å². The highest BCUT2D eigenvalue weighted by Crippen LogP contribution is 2.52. The van der Waals surface area contributed by atoms with Crippen molar-refractivity contribution in [1.82, 2.24) is 0 Å². The van der Waals surface area contributed by atoms with Crippen LogP contribution in [0.15, 0.2) is 48.5 Å². The second-order valence-corrected chi connectivity index (χ2v) is 11.2. The molecule has 3 nitrogen and oxygen atoms in total. The normalized spacial score (nSPS) is 12.1. The van der Waals surface area contributed by atoms with E-state index >= 15 is 0 Å². The topological polar surface area (TPSA) is 35.5 Å². The quantitative estimate of drug-likeness (QED) is 0.274. The van der Waals surface area contributed by atoms with E-state index in [0.29, 0.717) is 5.75 Å². The molecular formula is C24H31ClO3S2. The highest BCUT2D eigenvalue weighted by atomic mass is 35.5. The van der Waals surface area contributed by atoms with Gasteiger partial charge < -0.3 is 9.47 Å². The van der Waals surface area contributed by atoms with E-state index in [9.17, 15) is 4.79 Å². The minimum atomic E-state index is -1.06. The average molecular weight is 467 g/mol. The van der Waals surface area contributed by atoms with Crippen LogP contribution < -0.4 is 4.74 Å². The molecule has 6 heteroatoms. The van der Waals surface area contributed by atoms with Crippen molar-refractivity contribution in [3.63, 3.8) is 0 Å². The third-order valence-corrected chi connectivity index (χ3v) is 7.65. The van der Waals surface area contributed by atoms with Crippen molar-refractivity contribution in [3.05, 3.63) is 64.7 Å². The fraction of sp³-hybridized carbons (Fsp3) is 0.458. The van der Waals surface area contributed by atoms with Gasteiger partial charge in [0.25, 0.3) is 0 Å². The summed E-state index contributed by atoms with van der Waals surface area (Å²) in [5, 5.41) is 0.731. The molecule has 30 heavy (non-hydrogen) atoms. The fourth-order valence-electron chi connectivity index (χ4n) is 3.05. The number of ether oxygens (including phenoxy) is 2. The molecule has 0 aromatic heterocycles. The van der Waals surface area contributed by atoms with Gasteiger partial charge in [-0.05, 0) is 74.6 Å². The summed E-state index contributed by atoms with van der Waals surface area (Å²) in [7, 11) is 0. The molecule has 0 spiro atoms. The first-order chi connectivity index (χ1) is 14.1. The molecule has 2 rings (SSSR count). The third kappa shape index (κ3) is 6.12. The zero-order valence-corrected chi connectivity index (χ0v) is 20.9. The molecule has 0 aliphatic heterocycles. The summed E-state index contributed by atoms with van der Waals surface area (Å²) in [6, 6.07) is 16.1. The van der Waals surface area contributed by atoms with Crippen LogP contribution in [0.4, 0.5) is 0 Å². The Kier molecular flexibility index (Phi) is 9.01. The number of hydrogen-bond donors (Lipinski definition) is 0. The van der Waals surface area contributed by atoms with Crippen LogP contribution in [0.1, 0.15) is 52.7 Å². The largest absolute Gasteiger partial charge is 0.476 e. The van der Waals surface area contributed by atoms with Crippen LogP contribution >= 0.6 is 35.1 Å². The first-order valence-corrected chi connectivity index (χ1v) is 12.5. The number of rotatable bonds is 10. The second-order valence-electron chi connectivity index (χ2n) is 7.58. The molecule has 0 saturated heterocycles. The monoisotopic (exact) mass is 466 g/mol. The molecule has 0 unspecified atom stereocenters. The highest BCUT2D eigenvalue weighted by molar-refractivity contribution is 8.17. The molecule has 0 atom stereocenters. The molecule has 0 fully saturated rings. The van der Waals surface area contributed by atoms with E-state index in [1.807, 2.05) is 61.6 Å². The van der Waals surface area contributed by atoms with E-state index in [1.54, 1.807) is 13.8 Å². The summed E-state index contributed by atoms with van der Waals surface area (Å²) in [4.78, 5) is 12.3. The molecule has 0 saturated carbocycles. The van der Waals surface area contributed by atoms with Gasteiger partial charge >= 0.3 is 5.97 Å². The van der Waals surface area contributed by atoms with Gasteiger partial charge in [-0.3, -0.25) is 0 Å². The summed E-state index contributed by atoms with van der Waals surface area (Å²) in [6.07, 6.45) is -0.181. The van der Waals surface area contributed by atoms with Crippen LogP contribution in [0.5, 0.6) is 5.75 Å². The zero-order chi connectivity index (χ0) is 22.4. The SMILES string of the molecule is CCSC(SCC)(c1ccc(Cl)cc1)c1ccc(OC(C)(C)C(=O)OC(C)C)cc1. The maximum Gasteiger partial charge on any atom is 0.350 e. The maximum atomic E-state index is 12.3. The number of hydrogen-bond acceptors (Lipinski definition) is 5. The Morgan fingerprint density at radius 2 is 1.40 bits per heavy atom. The van der Waals surface area contributed by atoms with Crippen molar-refractivity contribution in [1.29, 1.82) is 0 Å². The zero-order valence-electron chi connectivity index (χ0n) is 18.5. The van der Waals surface area contributed by atoms with Gasteiger partial charge in [0, 0.05) is 5.02 Å². The summed E-state index contributed by atoms with van der Waals surface area (Å²) in [5.74, 6) is 2.21. The Morgan fingerprint density at radius 1 is 0.933 bits per heavy atom. The summed E-state index contributed by atoms with van der Waals surface area (Å²) in [5.41, 5.74) is 1.33. The Labute approximate surface area is 194 Å². The van der Waals surface area contributed by atoms with Crippen LogP contribution in [0.2, 0.25) is 5.02 Å². The Morgan fingerprint density at radius 3 is 1.83 bits per heavy atom. The standard InChI is InChI=1S/C24H31ClO3S2/c1-7-29-24(30-8-2,18-9-13-20(25)14-10-18)19-11-15-21(16-12-19)28-23(5,6)22(26)27-17(3)4/h9-17H,7-8H2,1-6H3. The molecule has 0 aliphatic rings. The molecule has 0 N–H and O–H groups in total. The lowest BCUT2D eigenvalue weighted by atomic mass is 10.0. The first-order valence-electron chi connectivity index (χ1n) is 10.2. The average Bonchev–Trinajstić information content (AvgIpc) is 2.68. The van der Waals surface area contributed by atoms with Gasteiger partial charge in [0.15, 0.2) is 5.60 Å². The Hall–Kier alpha value is -1.30. The van der Waals surface area contributed by atoms with Crippen molar-refractivity contribution < 1.29 is 14.3 Å². The Bertz CT molecular complexity index is 811. The lowest BCUT2D eigenvalue weighted by Crippen LogP contribution is -2.40. The molecule has 0 bridgehead atoms. The second kappa shape index (κ2) is 10.8. The molecule has 0 heterocycles. The number of benzene rings is 2. The van der Waals surface area contributed by atoms with Crippen molar-refractivity contribution in [3.8, 4) is 5.75 Å². The number of carbonyl (C=O) groups excluding carboxylic acids is 1. The molecule has 2 aromatic rings. The molecule has 164 valence electrons. The Balaban J connectivity index is 2.35. The van der Waals surface area contributed by atoms with Crippen molar-refractivity contribution in [2.45, 2.75) is 57.3 Å². The predicted molar refractivity (Wildman–Crippen MR) is 131 cm³/mol. The van der Waals surface area contributed by atoms with Gasteiger partial charge in [0.1, 0.15) is 9.83 Å². The van der Waals surface area contributed by atoms with Gasteiger partial charge in [-0.2, -0.15) is 0 Å². The third-order valence-electron chi connectivity index (χ3n) is 4.36. The number of thioether (sulfide) groups is 2. The first kappa shape index (κ1) is 25.0. The molecule has 0 radical (unpaired) electrons. The minimum Gasteiger partial charge on any atom is -0.476 e. The fourth-order valence-corrected chi connectivity index (χ4v) is 6.24. The van der Waals surface area contributed by atoms with Crippen LogP contribution in [-0.4, -0.2) is 29.2 Å². The maximum absolute atomic E-state index is 12.3. The van der Waals surface area contributed by atoms with Crippen molar-refractivity contribution in [2.24, 2.45) is 0 Å². The minimum absolute atomic E-state index is 0.181.